The Morgan fingerprint density at radius 3 is 1.87 bits per heavy atom. The lowest BCUT2D eigenvalue weighted by molar-refractivity contribution is -0.156. The number of hydrogen-bond donors (Lipinski definition) is 1. The molecule has 1 fully saturated rings. The molecule has 0 spiro atoms. The predicted molar refractivity (Wildman–Crippen MR) is 48.9 cm³/mol. The molecule has 0 aliphatic carbocycles. The fourth-order valence-corrected chi connectivity index (χ4v) is 1.50. The van der Waals surface area contributed by atoms with Crippen molar-refractivity contribution in [1.29, 1.82) is 0 Å². The molecular formula is C9H13NO5. The second-order valence-electron chi connectivity index (χ2n) is 3.21. The normalized spacial score (nSPS) is 25.9. The molecule has 0 amide bonds. The first-order valence-corrected chi connectivity index (χ1v) is 4.52. The van der Waals surface area contributed by atoms with Crippen LogP contribution in [-0.4, -0.2) is 45.0 Å². The minimum absolute atomic E-state index is 0.207. The van der Waals surface area contributed by atoms with Crippen molar-refractivity contribution < 1.29 is 23.9 Å². The molecule has 1 aliphatic rings. The number of nitrogens with one attached hydrogen (secondary N) is 1. The summed E-state index contributed by atoms with van der Waals surface area (Å²) in [4.78, 5) is 34.1. The van der Waals surface area contributed by atoms with Gasteiger partial charge in [0.15, 0.2) is 5.78 Å². The van der Waals surface area contributed by atoms with Crippen molar-refractivity contribution in [3.8, 4) is 0 Å². The fraction of sp³-hybridized carbons (Fsp3) is 0.667. The summed E-state index contributed by atoms with van der Waals surface area (Å²) < 4.78 is 8.94. The molecule has 84 valence electrons. The summed E-state index contributed by atoms with van der Waals surface area (Å²) in [6.07, 6.45) is 0. The predicted octanol–water partition coefficient (Wildman–Crippen LogP) is -1.26. The molecule has 6 nitrogen and oxygen atoms in total. The van der Waals surface area contributed by atoms with Crippen LogP contribution < -0.4 is 5.32 Å². The zero-order valence-corrected chi connectivity index (χ0v) is 8.61. The van der Waals surface area contributed by atoms with E-state index >= 15 is 0 Å². The van der Waals surface area contributed by atoms with Gasteiger partial charge in [0.1, 0.15) is 11.8 Å². The monoisotopic (exact) mass is 215 g/mol. The van der Waals surface area contributed by atoms with E-state index in [2.05, 4.69) is 14.8 Å². The molecule has 15 heavy (non-hydrogen) atoms. The van der Waals surface area contributed by atoms with Gasteiger partial charge in [-0.05, 0) is 0 Å². The average molecular weight is 215 g/mol. The smallest absolute Gasteiger partial charge is 0.317 e. The van der Waals surface area contributed by atoms with E-state index in [4.69, 9.17) is 0 Å². The molecule has 0 bridgehead atoms. The molecule has 2 unspecified atom stereocenters. The van der Waals surface area contributed by atoms with Gasteiger partial charge >= 0.3 is 11.9 Å². The third-order valence-corrected chi connectivity index (χ3v) is 2.36. The summed E-state index contributed by atoms with van der Waals surface area (Å²) in [5.74, 6) is -3.50. The van der Waals surface area contributed by atoms with Gasteiger partial charge in [0.05, 0.1) is 14.2 Å². The molecular weight excluding hydrogens is 202 g/mol. The highest BCUT2D eigenvalue weighted by Gasteiger charge is 2.40. The molecule has 1 saturated heterocycles. The Morgan fingerprint density at radius 1 is 1.13 bits per heavy atom. The zero-order chi connectivity index (χ0) is 11.4. The maximum atomic E-state index is 11.7. The number of carbonyl (C=O) groups excluding carboxylic acids is 3. The molecule has 2 atom stereocenters. The van der Waals surface area contributed by atoms with E-state index in [1.165, 1.54) is 14.2 Å². The Morgan fingerprint density at radius 2 is 1.53 bits per heavy atom. The van der Waals surface area contributed by atoms with Crippen LogP contribution in [0, 0.1) is 11.8 Å². The summed E-state index contributed by atoms with van der Waals surface area (Å²) in [7, 11) is 2.41. The van der Waals surface area contributed by atoms with Crippen molar-refractivity contribution in [3.05, 3.63) is 0 Å². The van der Waals surface area contributed by atoms with Gasteiger partial charge in [-0.15, -0.1) is 0 Å². The van der Waals surface area contributed by atoms with Crippen LogP contribution in [0.15, 0.2) is 0 Å². The minimum Gasteiger partial charge on any atom is -0.468 e. The lowest BCUT2D eigenvalue weighted by Gasteiger charge is -2.25. The highest BCUT2D eigenvalue weighted by atomic mass is 16.5. The van der Waals surface area contributed by atoms with Crippen LogP contribution in [-0.2, 0) is 23.9 Å². The molecule has 1 heterocycles. The second-order valence-corrected chi connectivity index (χ2v) is 3.21. The molecule has 0 aromatic carbocycles. The molecule has 0 radical (unpaired) electrons. The van der Waals surface area contributed by atoms with E-state index in [-0.39, 0.29) is 13.1 Å². The van der Waals surface area contributed by atoms with Crippen LogP contribution in [0.3, 0.4) is 0 Å². The first-order chi connectivity index (χ1) is 7.11. The molecule has 1 rings (SSSR count). The number of carbonyl (C=O) groups is 3. The fourth-order valence-electron chi connectivity index (χ4n) is 1.50. The van der Waals surface area contributed by atoms with Crippen LogP contribution in [0.1, 0.15) is 0 Å². The molecule has 1 aliphatic heterocycles. The summed E-state index contributed by atoms with van der Waals surface area (Å²) >= 11 is 0. The molecule has 0 saturated carbocycles. The number of esters is 2. The maximum absolute atomic E-state index is 11.7. The quantitative estimate of drug-likeness (QED) is 0.457. The highest BCUT2D eigenvalue weighted by Crippen LogP contribution is 2.14. The van der Waals surface area contributed by atoms with Crippen LogP contribution in [0.2, 0.25) is 0 Å². The largest absolute Gasteiger partial charge is 0.468 e. The Labute approximate surface area is 86.9 Å². The average Bonchev–Trinajstić information content (AvgIpc) is 2.27. The summed E-state index contributed by atoms with van der Waals surface area (Å²) in [5, 5.41) is 2.82. The standard InChI is InChI=1S/C9H13NO5/c1-14-8(12)5-3-10-4-6(7(5)11)9(13)15-2/h5-6,10H,3-4H2,1-2H3. The number of ketones is 1. The van der Waals surface area contributed by atoms with Gasteiger partial charge < -0.3 is 14.8 Å². The number of rotatable bonds is 2. The first kappa shape index (κ1) is 11.6. The number of hydrogen-bond acceptors (Lipinski definition) is 6. The summed E-state index contributed by atoms with van der Waals surface area (Å²) in [6, 6.07) is 0. The van der Waals surface area contributed by atoms with Gasteiger partial charge in [0.2, 0.25) is 0 Å². The van der Waals surface area contributed by atoms with E-state index in [1.54, 1.807) is 0 Å². The Bertz CT molecular complexity index is 262. The molecule has 0 aromatic rings. The lowest BCUT2D eigenvalue weighted by atomic mass is 9.89. The number of Topliss-reactive ketones (excluding diaryl/α,β-unsaturated/α-hetero) is 1. The second kappa shape index (κ2) is 4.88. The Hall–Kier alpha value is -1.43. The van der Waals surface area contributed by atoms with Crippen molar-refractivity contribution in [3.63, 3.8) is 0 Å². The third kappa shape index (κ3) is 2.33. The topological polar surface area (TPSA) is 81.7 Å². The Balaban J connectivity index is 2.75. The van der Waals surface area contributed by atoms with Crippen molar-refractivity contribution in [2.45, 2.75) is 0 Å². The molecule has 0 aromatic heterocycles. The van der Waals surface area contributed by atoms with Gasteiger partial charge in [-0.3, -0.25) is 14.4 Å². The van der Waals surface area contributed by atoms with Gasteiger partial charge in [-0.2, -0.15) is 0 Å². The van der Waals surface area contributed by atoms with Crippen molar-refractivity contribution >= 4 is 17.7 Å². The van der Waals surface area contributed by atoms with Gasteiger partial charge in [0.25, 0.3) is 0 Å². The van der Waals surface area contributed by atoms with Gasteiger partial charge in [0, 0.05) is 13.1 Å². The van der Waals surface area contributed by atoms with E-state index in [0.717, 1.165) is 0 Å². The lowest BCUT2D eigenvalue weighted by Crippen LogP contribution is -2.50. The van der Waals surface area contributed by atoms with Crippen LogP contribution in [0.25, 0.3) is 0 Å². The number of ether oxygens (including phenoxy) is 2. The number of piperidine rings is 1. The van der Waals surface area contributed by atoms with Crippen LogP contribution in [0.5, 0.6) is 0 Å². The van der Waals surface area contributed by atoms with Crippen LogP contribution in [0.4, 0.5) is 0 Å². The van der Waals surface area contributed by atoms with Crippen molar-refractivity contribution in [1.82, 2.24) is 5.32 Å². The van der Waals surface area contributed by atoms with E-state index < -0.39 is 29.6 Å². The molecule has 1 N–H and O–H groups in total. The molecule has 6 heteroatoms. The van der Waals surface area contributed by atoms with Gasteiger partial charge in [-0.25, -0.2) is 0 Å². The van der Waals surface area contributed by atoms with E-state index in [1.807, 2.05) is 0 Å². The zero-order valence-electron chi connectivity index (χ0n) is 8.61. The van der Waals surface area contributed by atoms with E-state index in [9.17, 15) is 14.4 Å². The highest BCUT2D eigenvalue weighted by molar-refractivity contribution is 6.09. The maximum Gasteiger partial charge on any atom is 0.317 e. The first-order valence-electron chi connectivity index (χ1n) is 4.52. The van der Waals surface area contributed by atoms with Gasteiger partial charge in [-0.1, -0.05) is 0 Å². The minimum atomic E-state index is -0.909. The van der Waals surface area contributed by atoms with Crippen molar-refractivity contribution in [2.75, 3.05) is 27.3 Å². The van der Waals surface area contributed by atoms with E-state index in [0.29, 0.717) is 0 Å². The van der Waals surface area contributed by atoms with Crippen LogP contribution >= 0.6 is 0 Å². The Kier molecular flexibility index (Phi) is 3.79. The summed E-state index contributed by atoms with van der Waals surface area (Å²) in [6.45, 7) is 0.415. The third-order valence-electron chi connectivity index (χ3n) is 2.36. The van der Waals surface area contributed by atoms with Crippen molar-refractivity contribution in [2.24, 2.45) is 11.8 Å². The summed E-state index contributed by atoms with van der Waals surface area (Å²) in [5.41, 5.74) is 0. The SMILES string of the molecule is COC(=O)C1CNCC(C(=O)OC)C1=O. The number of methoxy groups -OCH3 is 2.